The van der Waals surface area contributed by atoms with E-state index >= 15 is 0 Å². The summed E-state index contributed by atoms with van der Waals surface area (Å²) in [5.41, 5.74) is 0.950. The van der Waals surface area contributed by atoms with Crippen molar-refractivity contribution in [2.45, 2.75) is 32.9 Å². The molecule has 23 heavy (non-hydrogen) atoms. The van der Waals surface area contributed by atoms with Crippen LogP contribution in [0.2, 0.25) is 0 Å². The molecule has 0 heterocycles. The Hall–Kier alpha value is -2.11. The minimum absolute atomic E-state index is 0.500. The van der Waals surface area contributed by atoms with E-state index in [9.17, 15) is 0 Å². The van der Waals surface area contributed by atoms with E-state index in [2.05, 4.69) is 29.5 Å². The number of nitrogens with zero attached hydrogens (tertiary/aromatic N) is 1. The van der Waals surface area contributed by atoms with Crippen LogP contribution < -0.4 is 24.8 Å². The van der Waals surface area contributed by atoms with E-state index in [0.29, 0.717) is 29.8 Å². The van der Waals surface area contributed by atoms with Crippen LogP contribution in [0, 0.1) is 5.92 Å². The lowest BCUT2D eigenvalue weighted by molar-refractivity contribution is 0.322. The van der Waals surface area contributed by atoms with E-state index in [4.69, 9.17) is 14.2 Å². The van der Waals surface area contributed by atoms with Crippen LogP contribution in [-0.4, -0.2) is 39.9 Å². The minimum Gasteiger partial charge on any atom is -0.493 e. The van der Waals surface area contributed by atoms with Crippen molar-refractivity contribution in [3.63, 3.8) is 0 Å². The molecule has 2 unspecified atom stereocenters. The predicted octanol–water partition coefficient (Wildman–Crippen LogP) is 2.18. The van der Waals surface area contributed by atoms with E-state index < -0.39 is 0 Å². The van der Waals surface area contributed by atoms with E-state index in [-0.39, 0.29) is 0 Å². The maximum atomic E-state index is 5.50. The Balaban J connectivity index is 2.18. The van der Waals surface area contributed by atoms with E-state index in [1.54, 1.807) is 21.3 Å². The topological polar surface area (TPSA) is 64.1 Å². The summed E-state index contributed by atoms with van der Waals surface area (Å²) in [6.07, 6.45) is 1.20. The molecule has 2 rings (SSSR count). The van der Waals surface area contributed by atoms with E-state index in [1.807, 2.05) is 12.1 Å². The molecular formula is C17H27N3O3. The third-order valence-electron chi connectivity index (χ3n) is 3.97. The van der Waals surface area contributed by atoms with Gasteiger partial charge in [-0.05, 0) is 31.4 Å². The maximum Gasteiger partial charge on any atom is 0.203 e. The summed E-state index contributed by atoms with van der Waals surface area (Å²) >= 11 is 0. The van der Waals surface area contributed by atoms with Crippen molar-refractivity contribution in [2.75, 3.05) is 27.9 Å². The quantitative estimate of drug-likeness (QED) is 0.595. The number of hydrogen-bond donors (Lipinski definition) is 2. The fourth-order valence-corrected chi connectivity index (χ4v) is 2.47. The number of benzene rings is 1. The highest BCUT2D eigenvalue weighted by Crippen LogP contribution is 2.40. The van der Waals surface area contributed by atoms with Crippen LogP contribution in [0.1, 0.15) is 25.8 Å². The number of guanidine groups is 1. The highest BCUT2D eigenvalue weighted by atomic mass is 16.5. The monoisotopic (exact) mass is 321 g/mol. The van der Waals surface area contributed by atoms with Crippen molar-refractivity contribution in [2.24, 2.45) is 10.9 Å². The lowest BCUT2D eigenvalue weighted by Gasteiger charge is -2.15. The highest BCUT2D eigenvalue weighted by molar-refractivity contribution is 5.80. The first-order chi connectivity index (χ1) is 11.1. The number of rotatable bonds is 7. The first-order valence-corrected chi connectivity index (χ1v) is 7.97. The molecule has 128 valence electrons. The van der Waals surface area contributed by atoms with Crippen molar-refractivity contribution < 1.29 is 14.2 Å². The average molecular weight is 321 g/mol. The van der Waals surface area contributed by atoms with Crippen molar-refractivity contribution in [3.8, 4) is 17.2 Å². The number of nitrogens with one attached hydrogen (secondary N) is 2. The summed E-state index contributed by atoms with van der Waals surface area (Å²) in [6.45, 7) is 5.62. The highest BCUT2D eigenvalue weighted by Gasteiger charge is 2.33. The molecule has 2 N–H and O–H groups in total. The summed E-state index contributed by atoms with van der Waals surface area (Å²) < 4.78 is 16.2. The standard InChI is InChI=1S/C17H27N3O3/c1-6-18-17(20-13-9-11(13)2)19-10-12-7-8-14(21-3)16(23-5)15(12)22-4/h7-8,11,13H,6,9-10H2,1-5H3,(H2,18,19,20). The molecule has 1 aromatic carbocycles. The fraction of sp³-hybridized carbons (Fsp3) is 0.588. The van der Waals surface area contributed by atoms with Gasteiger partial charge in [-0.2, -0.15) is 0 Å². The van der Waals surface area contributed by atoms with Gasteiger partial charge in [-0.3, -0.25) is 0 Å². The Morgan fingerprint density at radius 3 is 2.39 bits per heavy atom. The molecule has 6 heteroatoms. The van der Waals surface area contributed by atoms with Crippen LogP contribution in [-0.2, 0) is 6.54 Å². The first kappa shape index (κ1) is 17.2. The third-order valence-corrected chi connectivity index (χ3v) is 3.97. The predicted molar refractivity (Wildman–Crippen MR) is 91.6 cm³/mol. The Morgan fingerprint density at radius 2 is 1.87 bits per heavy atom. The van der Waals surface area contributed by atoms with Crippen LogP contribution in [0.3, 0.4) is 0 Å². The molecule has 0 saturated heterocycles. The fourth-order valence-electron chi connectivity index (χ4n) is 2.47. The molecule has 0 aromatic heterocycles. The average Bonchev–Trinajstić information content (AvgIpc) is 3.26. The molecule has 0 spiro atoms. The van der Waals surface area contributed by atoms with Gasteiger partial charge < -0.3 is 24.8 Å². The number of ether oxygens (including phenoxy) is 3. The Bertz CT molecular complexity index is 560. The lowest BCUT2D eigenvalue weighted by atomic mass is 10.1. The van der Waals surface area contributed by atoms with Gasteiger partial charge >= 0.3 is 0 Å². The second kappa shape index (κ2) is 7.94. The molecule has 2 atom stereocenters. The first-order valence-electron chi connectivity index (χ1n) is 7.97. The molecule has 1 aliphatic carbocycles. The van der Waals surface area contributed by atoms with Crippen LogP contribution in [0.4, 0.5) is 0 Å². The molecule has 0 bridgehead atoms. The number of hydrogen-bond acceptors (Lipinski definition) is 4. The number of aliphatic imine (C=N–C) groups is 1. The Labute approximate surface area is 138 Å². The Kier molecular flexibility index (Phi) is 5.96. The molecule has 1 saturated carbocycles. The second-order valence-electron chi connectivity index (χ2n) is 5.65. The summed E-state index contributed by atoms with van der Waals surface area (Å²) in [5, 5.41) is 6.72. The van der Waals surface area contributed by atoms with E-state index in [0.717, 1.165) is 24.0 Å². The zero-order valence-corrected chi connectivity index (χ0v) is 14.6. The number of methoxy groups -OCH3 is 3. The summed E-state index contributed by atoms with van der Waals surface area (Å²) in [5.74, 6) is 3.45. The van der Waals surface area contributed by atoms with Gasteiger partial charge in [0.25, 0.3) is 0 Å². The summed E-state index contributed by atoms with van der Waals surface area (Å²) in [6, 6.07) is 4.35. The summed E-state index contributed by atoms with van der Waals surface area (Å²) in [4.78, 5) is 4.66. The van der Waals surface area contributed by atoms with Crippen molar-refractivity contribution in [1.29, 1.82) is 0 Å². The second-order valence-corrected chi connectivity index (χ2v) is 5.65. The molecule has 0 aliphatic heterocycles. The molecule has 1 aromatic rings. The van der Waals surface area contributed by atoms with Gasteiger partial charge in [0.05, 0.1) is 27.9 Å². The van der Waals surface area contributed by atoms with Crippen LogP contribution in [0.15, 0.2) is 17.1 Å². The van der Waals surface area contributed by atoms with Gasteiger partial charge in [0.2, 0.25) is 5.75 Å². The van der Waals surface area contributed by atoms with Crippen LogP contribution in [0.5, 0.6) is 17.2 Å². The zero-order chi connectivity index (χ0) is 16.8. The van der Waals surface area contributed by atoms with Crippen molar-refractivity contribution in [3.05, 3.63) is 17.7 Å². The molecule has 6 nitrogen and oxygen atoms in total. The molecule has 1 aliphatic rings. The molecular weight excluding hydrogens is 294 g/mol. The SMILES string of the molecule is CCNC(=NCc1ccc(OC)c(OC)c1OC)NC1CC1C. The Morgan fingerprint density at radius 1 is 1.17 bits per heavy atom. The molecule has 1 fully saturated rings. The third kappa shape index (κ3) is 4.21. The van der Waals surface area contributed by atoms with E-state index in [1.165, 1.54) is 6.42 Å². The minimum atomic E-state index is 0.500. The van der Waals surface area contributed by atoms with Gasteiger partial charge in [0, 0.05) is 18.2 Å². The molecule has 0 radical (unpaired) electrons. The zero-order valence-electron chi connectivity index (χ0n) is 14.6. The van der Waals surface area contributed by atoms with Crippen molar-refractivity contribution in [1.82, 2.24) is 10.6 Å². The van der Waals surface area contributed by atoms with Gasteiger partial charge in [-0.1, -0.05) is 6.92 Å². The van der Waals surface area contributed by atoms with Gasteiger partial charge in [0.15, 0.2) is 17.5 Å². The van der Waals surface area contributed by atoms with Gasteiger partial charge in [-0.15, -0.1) is 0 Å². The maximum absolute atomic E-state index is 5.50. The van der Waals surface area contributed by atoms with Gasteiger partial charge in [0.1, 0.15) is 0 Å². The van der Waals surface area contributed by atoms with Gasteiger partial charge in [-0.25, -0.2) is 4.99 Å². The van der Waals surface area contributed by atoms with Crippen LogP contribution in [0.25, 0.3) is 0 Å². The summed E-state index contributed by atoms with van der Waals surface area (Å²) in [7, 11) is 4.84. The normalized spacial score (nSPS) is 20.0. The van der Waals surface area contributed by atoms with Crippen LogP contribution >= 0.6 is 0 Å². The van der Waals surface area contributed by atoms with Crippen molar-refractivity contribution >= 4 is 5.96 Å². The smallest absolute Gasteiger partial charge is 0.203 e. The lowest BCUT2D eigenvalue weighted by Crippen LogP contribution is -2.39. The largest absolute Gasteiger partial charge is 0.493 e. The molecule has 0 amide bonds.